The SMILES string of the molecule is CCC(=O)N1CCN(c2ccc(F)cc2F)CC1. The van der Waals surface area contributed by atoms with E-state index in [0.29, 0.717) is 38.3 Å². The summed E-state index contributed by atoms with van der Waals surface area (Å²) < 4.78 is 26.4. The molecule has 0 unspecified atom stereocenters. The lowest BCUT2D eigenvalue weighted by Gasteiger charge is -2.36. The molecule has 0 saturated carbocycles. The molecule has 0 atom stereocenters. The summed E-state index contributed by atoms with van der Waals surface area (Å²) in [5, 5.41) is 0. The predicted octanol–water partition coefficient (Wildman–Crippen LogP) is 2.02. The van der Waals surface area contributed by atoms with Gasteiger partial charge in [0, 0.05) is 38.7 Å². The zero-order chi connectivity index (χ0) is 13.1. The minimum atomic E-state index is -0.573. The molecule has 1 aromatic rings. The largest absolute Gasteiger partial charge is 0.366 e. The summed E-state index contributed by atoms with van der Waals surface area (Å²) in [6, 6.07) is 3.59. The summed E-state index contributed by atoms with van der Waals surface area (Å²) in [4.78, 5) is 15.1. The summed E-state index contributed by atoms with van der Waals surface area (Å²) in [6.07, 6.45) is 0.491. The molecule has 0 spiro atoms. The second-order valence-corrected chi connectivity index (χ2v) is 4.32. The fourth-order valence-corrected chi connectivity index (χ4v) is 2.16. The number of anilines is 1. The Balaban J connectivity index is 2.03. The number of halogens is 2. The molecule has 0 radical (unpaired) electrons. The standard InChI is InChI=1S/C13H16F2N2O/c1-2-13(18)17-7-5-16(6-8-17)12-4-3-10(14)9-11(12)15/h3-4,9H,2,5-8H2,1H3. The van der Waals surface area contributed by atoms with E-state index in [1.165, 1.54) is 12.1 Å². The van der Waals surface area contributed by atoms with Crippen LogP contribution in [0.5, 0.6) is 0 Å². The minimum absolute atomic E-state index is 0.120. The van der Waals surface area contributed by atoms with E-state index in [-0.39, 0.29) is 5.91 Å². The number of rotatable bonds is 2. The summed E-state index contributed by atoms with van der Waals surface area (Å²) in [7, 11) is 0. The van der Waals surface area contributed by atoms with Crippen molar-refractivity contribution in [2.24, 2.45) is 0 Å². The number of carbonyl (C=O) groups is 1. The Kier molecular flexibility index (Phi) is 3.79. The number of benzene rings is 1. The van der Waals surface area contributed by atoms with Crippen molar-refractivity contribution in [1.29, 1.82) is 0 Å². The quantitative estimate of drug-likeness (QED) is 0.806. The first kappa shape index (κ1) is 12.8. The highest BCUT2D eigenvalue weighted by atomic mass is 19.1. The molecule has 1 fully saturated rings. The topological polar surface area (TPSA) is 23.6 Å². The van der Waals surface area contributed by atoms with Crippen LogP contribution in [0.1, 0.15) is 13.3 Å². The number of piperazine rings is 1. The van der Waals surface area contributed by atoms with Crippen molar-refractivity contribution in [2.45, 2.75) is 13.3 Å². The highest BCUT2D eigenvalue weighted by Gasteiger charge is 2.21. The Morgan fingerprint density at radius 3 is 2.44 bits per heavy atom. The van der Waals surface area contributed by atoms with Crippen LogP contribution in [-0.2, 0) is 4.79 Å². The average molecular weight is 254 g/mol. The normalized spacial score (nSPS) is 15.9. The van der Waals surface area contributed by atoms with Gasteiger partial charge in [0.2, 0.25) is 5.91 Å². The highest BCUT2D eigenvalue weighted by molar-refractivity contribution is 5.76. The maximum atomic E-state index is 13.6. The van der Waals surface area contributed by atoms with E-state index >= 15 is 0 Å². The van der Waals surface area contributed by atoms with Gasteiger partial charge in [-0.15, -0.1) is 0 Å². The molecular formula is C13H16F2N2O. The van der Waals surface area contributed by atoms with Gasteiger partial charge in [-0.3, -0.25) is 4.79 Å². The van der Waals surface area contributed by atoms with Gasteiger partial charge < -0.3 is 9.80 Å². The van der Waals surface area contributed by atoms with Gasteiger partial charge >= 0.3 is 0 Å². The molecule has 2 rings (SSSR count). The Bertz CT molecular complexity index is 443. The molecule has 1 amide bonds. The highest BCUT2D eigenvalue weighted by Crippen LogP contribution is 2.21. The molecule has 1 heterocycles. The van der Waals surface area contributed by atoms with Crippen LogP contribution in [-0.4, -0.2) is 37.0 Å². The number of amides is 1. The maximum Gasteiger partial charge on any atom is 0.222 e. The fraction of sp³-hybridized carbons (Fsp3) is 0.462. The van der Waals surface area contributed by atoms with Crippen LogP contribution in [0.2, 0.25) is 0 Å². The molecule has 1 saturated heterocycles. The van der Waals surface area contributed by atoms with Gasteiger partial charge in [-0.25, -0.2) is 8.78 Å². The minimum Gasteiger partial charge on any atom is -0.366 e. The van der Waals surface area contributed by atoms with E-state index in [1.54, 1.807) is 4.90 Å². The van der Waals surface area contributed by atoms with Gasteiger partial charge in [0.15, 0.2) is 0 Å². The third kappa shape index (κ3) is 2.60. The van der Waals surface area contributed by atoms with Crippen molar-refractivity contribution >= 4 is 11.6 Å². The second-order valence-electron chi connectivity index (χ2n) is 4.32. The zero-order valence-corrected chi connectivity index (χ0v) is 10.3. The molecule has 0 aliphatic carbocycles. The van der Waals surface area contributed by atoms with Gasteiger partial charge in [0.05, 0.1) is 5.69 Å². The lowest BCUT2D eigenvalue weighted by molar-refractivity contribution is -0.131. The first-order valence-corrected chi connectivity index (χ1v) is 6.09. The maximum absolute atomic E-state index is 13.6. The molecule has 18 heavy (non-hydrogen) atoms. The third-order valence-electron chi connectivity index (χ3n) is 3.19. The molecular weight excluding hydrogens is 238 g/mol. The fourth-order valence-electron chi connectivity index (χ4n) is 2.16. The smallest absolute Gasteiger partial charge is 0.222 e. The predicted molar refractivity (Wildman–Crippen MR) is 65.4 cm³/mol. The number of hydrogen-bond acceptors (Lipinski definition) is 2. The van der Waals surface area contributed by atoms with Crippen molar-refractivity contribution in [3.05, 3.63) is 29.8 Å². The zero-order valence-electron chi connectivity index (χ0n) is 10.3. The summed E-state index contributed by atoms with van der Waals surface area (Å²) >= 11 is 0. The van der Waals surface area contributed by atoms with Crippen LogP contribution < -0.4 is 4.90 Å². The number of carbonyl (C=O) groups excluding carboxylic acids is 1. The summed E-state index contributed by atoms with van der Waals surface area (Å²) in [5.74, 6) is -1.00. The van der Waals surface area contributed by atoms with Gasteiger partial charge in [0.1, 0.15) is 11.6 Å². The van der Waals surface area contributed by atoms with E-state index in [1.807, 2.05) is 11.8 Å². The van der Waals surface area contributed by atoms with Crippen molar-refractivity contribution in [1.82, 2.24) is 4.90 Å². The van der Waals surface area contributed by atoms with Gasteiger partial charge in [-0.2, -0.15) is 0 Å². The molecule has 98 valence electrons. The monoisotopic (exact) mass is 254 g/mol. The molecule has 1 aliphatic rings. The Hall–Kier alpha value is -1.65. The van der Waals surface area contributed by atoms with E-state index in [9.17, 15) is 13.6 Å². The van der Waals surface area contributed by atoms with Crippen molar-refractivity contribution in [2.75, 3.05) is 31.1 Å². The van der Waals surface area contributed by atoms with E-state index in [2.05, 4.69) is 0 Å². The summed E-state index contributed by atoms with van der Waals surface area (Å²) in [5.41, 5.74) is 0.403. The van der Waals surface area contributed by atoms with Gasteiger partial charge in [-0.1, -0.05) is 6.92 Å². The van der Waals surface area contributed by atoms with E-state index in [4.69, 9.17) is 0 Å². The Morgan fingerprint density at radius 2 is 1.89 bits per heavy atom. The lowest BCUT2D eigenvalue weighted by atomic mass is 10.2. The molecule has 5 heteroatoms. The van der Waals surface area contributed by atoms with Gasteiger partial charge in [0.25, 0.3) is 0 Å². The van der Waals surface area contributed by atoms with Crippen LogP contribution in [0.4, 0.5) is 14.5 Å². The molecule has 3 nitrogen and oxygen atoms in total. The molecule has 0 aromatic heterocycles. The Labute approximate surface area is 105 Å². The van der Waals surface area contributed by atoms with Crippen molar-refractivity contribution in [3.8, 4) is 0 Å². The number of nitrogens with zero attached hydrogens (tertiary/aromatic N) is 2. The second kappa shape index (κ2) is 5.33. The first-order chi connectivity index (χ1) is 8.61. The van der Waals surface area contributed by atoms with Gasteiger partial charge in [-0.05, 0) is 12.1 Å². The van der Waals surface area contributed by atoms with Crippen LogP contribution in [0.25, 0.3) is 0 Å². The van der Waals surface area contributed by atoms with E-state index < -0.39 is 11.6 Å². The third-order valence-corrected chi connectivity index (χ3v) is 3.19. The molecule has 1 aliphatic heterocycles. The average Bonchev–Trinajstić information content (AvgIpc) is 2.38. The van der Waals surface area contributed by atoms with Crippen LogP contribution in [0.15, 0.2) is 18.2 Å². The molecule has 0 N–H and O–H groups in total. The van der Waals surface area contributed by atoms with Crippen molar-refractivity contribution < 1.29 is 13.6 Å². The van der Waals surface area contributed by atoms with Crippen LogP contribution >= 0.6 is 0 Å². The van der Waals surface area contributed by atoms with E-state index in [0.717, 1.165) is 6.07 Å². The summed E-state index contributed by atoms with van der Waals surface area (Å²) in [6.45, 7) is 4.16. The Morgan fingerprint density at radius 1 is 1.22 bits per heavy atom. The van der Waals surface area contributed by atoms with Crippen molar-refractivity contribution in [3.63, 3.8) is 0 Å². The first-order valence-electron chi connectivity index (χ1n) is 6.09. The van der Waals surface area contributed by atoms with Crippen LogP contribution in [0, 0.1) is 11.6 Å². The molecule has 1 aromatic carbocycles. The lowest BCUT2D eigenvalue weighted by Crippen LogP contribution is -2.48. The molecule has 0 bridgehead atoms. The van der Waals surface area contributed by atoms with Crippen LogP contribution in [0.3, 0.4) is 0 Å². The number of hydrogen-bond donors (Lipinski definition) is 0.